The van der Waals surface area contributed by atoms with Crippen molar-refractivity contribution in [3.8, 4) is 0 Å². The van der Waals surface area contributed by atoms with Crippen molar-refractivity contribution in [2.24, 2.45) is 5.73 Å². The summed E-state index contributed by atoms with van der Waals surface area (Å²) in [7, 11) is 0. The summed E-state index contributed by atoms with van der Waals surface area (Å²) in [6.07, 6.45) is 0.952. The predicted octanol–water partition coefficient (Wildman–Crippen LogP) is 2.79. The van der Waals surface area contributed by atoms with Crippen LogP contribution in [-0.4, -0.2) is 42.5 Å². The number of benzene rings is 2. The Bertz CT molecular complexity index is 760. The second-order valence-corrected chi connectivity index (χ2v) is 6.70. The predicted molar refractivity (Wildman–Crippen MR) is 113 cm³/mol. The van der Waals surface area contributed by atoms with Gasteiger partial charge < -0.3 is 16.4 Å². The highest BCUT2D eigenvalue weighted by Crippen LogP contribution is 2.15. The summed E-state index contributed by atoms with van der Waals surface area (Å²) in [6, 6.07) is 17.4. The molecule has 6 heteroatoms. The number of hydrogen-bond acceptors (Lipinski definition) is 3. The van der Waals surface area contributed by atoms with E-state index in [1.165, 1.54) is 5.56 Å². The Hall–Kier alpha value is -2.86. The fourth-order valence-corrected chi connectivity index (χ4v) is 3.32. The van der Waals surface area contributed by atoms with Crippen molar-refractivity contribution in [1.82, 2.24) is 10.2 Å². The summed E-state index contributed by atoms with van der Waals surface area (Å²) in [5.74, 6) is -0.431. The van der Waals surface area contributed by atoms with Gasteiger partial charge in [0.25, 0.3) is 0 Å². The summed E-state index contributed by atoms with van der Waals surface area (Å²) in [5.41, 5.74) is 7.83. The minimum atomic E-state index is -0.431. The number of para-hydroxylation sites is 1. The molecule has 0 aliphatic rings. The molecule has 1 unspecified atom stereocenters. The number of nitrogens with zero attached hydrogens (tertiary/aromatic N) is 1. The van der Waals surface area contributed by atoms with Gasteiger partial charge in [-0.2, -0.15) is 0 Å². The van der Waals surface area contributed by atoms with E-state index in [9.17, 15) is 9.59 Å². The minimum absolute atomic E-state index is 0.0898. The van der Waals surface area contributed by atoms with Crippen molar-refractivity contribution >= 4 is 17.6 Å². The lowest BCUT2D eigenvalue weighted by Gasteiger charge is -2.30. The second-order valence-electron chi connectivity index (χ2n) is 6.70. The molecule has 0 saturated heterocycles. The molecule has 0 fully saturated rings. The molecular formula is C22H30N4O2. The lowest BCUT2D eigenvalue weighted by atomic mass is 10.0. The Morgan fingerprint density at radius 1 is 1.00 bits per heavy atom. The van der Waals surface area contributed by atoms with E-state index in [-0.39, 0.29) is 18.5 Å². The van der Waals surface area contributed by atoms with E-state index in [4.69, 9.17) is 5.73 Å². The maximum absolute atomic E-state index is 12.4. The highest BCUT2D eigenvalue weighted by Gasteiger charge is 2.18. The van der Waals surface area contributed by atoms with Crippen LogP contribution in [0.5, 0.6) is 0 Å². The molecule has 2 aromatic carbocycles. The number of carbonyl (C=O) groups excluding carboxylic acids is 2. The van der Waals surface area contributed by atoms with Gasteiger partial charge in [-0.3, -0.25) is 9.69 Å². The minimum Gasteiger partial charge on any atom is -0.369 e. The quantitative estimate of drug-likeness (QED) is 0.590. The second kappa shape index (κ2) is 11.1. The molecular weight excluding hydrogens is 352 g/mol. The van der Waals surface area contributed by atoms with E-state index in [1.807, 2.05) is 30.3 Å². The first-order valence-electron chi connectivity index (χ1n) is 9.72. The van der Waals surface area contributed by atoms with Crippen LogP contribution in [-0.2, 0) is 17.6 Å². The Labute approximate surface area is 167 Å². The van der Waals surface area contributed by atoms with E-state index in [1.54, 1.807) is 12.1 Å². The number of nitrogens with one attached hydrogen (secondary N) is 2. The molecule has 4 N–H and O–H groups in total. The Morgan fingerprint density at radius 2 is 1.64 bits per heavy atom. The van der Waals surface area contributed by atoms with Gasteiger partial charge in [-0.25, -0.2) is 4.79 Å². The molecule has 2 aromatic rings. The molecule has 28 heavy (non-hydrogen) atoms. The van der Waals surface area contributed by atoms with Gasteiger partial charge in [0.2, 0.25) is 5.91 Å². The van der Waals surface area contributed by atoms with Crippen LogP contribution in [0, 0.1) is 0 Å². The first kappa shape index (κ1) is 21.4. The third-order valence-corrected chi connectivity index (χ3v) is 4.77. The smallest absolute Gasteiger partial charge is 0.319 e. The third kappa shape index (κ3) is 6.70. The maximum Gasteiger partial charge on any atom is 0.319 e. The van der Waals surface area contributed by atoms with Gasteiger partial charge in [0.05, 0.1) is 6.42 Å². The molecule has 0 spiro atoms. The van der Waals surface area contributed by atoms with E-state index in [0.29, 0.717) is 17.8 Å². The zero-order valence-corrected chi connectivity index (χ0v) is 16.7. The van der Waals surface area contributed by atoms with Gasteiger partial charge in [-0.15, -0.1) is 0 Å². The van der Waals surface area contributed by atoms with Gasteiger partial charge in [0.15, 0.2) is 0 Å². The highest BCUT2D eigenvalue weighted by atomic mass is 16.2. The number of amides is 3. The molecule has 0 aliphatic carbocycles. The molecule has 0 saturated carbocycles. The van der Waals surface area contributed by atoms with Gasteiger partial charge >= 0.3 is 6.03 Å². The number of anilines is 1. The van der Waals surface area contributed by atoms with Crippen molar-refractivity contribution in [2.75, 3.05) is 25.0 Å². The van der Waals surface area contributed by atoms with Crippen LogP contribution in [0.1, 0.15) is 25.0 Å². The summed E-state index contributed by atoms with van der Waals surface area (Å²) in [5, 5.41) is 5.81. The summed E-state index contributed by atoms with van der Waals surface area (Å²) in [4.78, 5) is 26.0. The average Bonchev–Trinajstić information content (AvgIpc) is 2.69. The molecule has 0 bridgehead atoms. The monoisotopic (exact) mass is 382 g/mol. The lowest BCUT2D eigenvalue weighted by molar-refractivity contribution is -0.117. The Kier molecular flexibility index (Phi) is 8.49. The zero-order chi connectivity index (χ0) is 20.4. The molecule has 2 rings (SSSR count). The van der Waals surface area contributed by atoms with Crippen molar-refractivity contribution in [3.63, 3.8) is 0 Å². The SMILES string of the molecule is CCN(CC)C(CNC(=O)Nc1ccccc1CC(N)=O)Cc1ccccc1. The van der Waals surface area contributed by atoms with Crippen molar-refractivity contribution in [2.45, 2.75) is 32.7 Å². The van der Waals surface area contributed by atoms with Gasteiger partial charge in [0.1, 0.15) is 0 Å². The highest BCUT2D eigenvalue weighted by molar-refractivity contribution is 5.91. The molecule has 0 heterocycles. The van der Waals surface area contributed by atoms with Crippen LogP contribution in [0.2, 0.25) is 0 Å². The van der Waals surface area contributed by atoms with Crippen LogP contribution in [0.25, 0.3) is 0 Å². The van der Waals surface area contributed by atoms with Crippen LogP contribution < -0.4 is 16.4 Å². The van der Waals surface area contributed by atoms with Crippen LogP contribution in [0.4, 0.5) is 10.5 Å². The molecule has 0 radical (unpaired) electrons. The van der Waals surface area contributed by atoms with Crippen molar-refractivity contribution in [3.05, 3.63) is 65.7 Å². The fraction of sp³-hybridized carbons (Fsp3) is 0.364. The molecule has 6 nitrogen and oxygen atoms in total. The van der Waals surface area contributed by atoms with Crippen molar-refractivity contribution in [1.29, 1.82) is 0 Å². The number of likely N-dealkylation sites (N-methyl/N-ethyl adjacent to an activating group) is 1. The third-order valence-electron chi connectivity index (χ3n) is 4.77. The summed E-state index contributed by atoms with van der Waals surface area (Å²) in [6.45, 7) is 6.61. The van der Waals surface area contributed by atoms with E-state index in [2.05, 4.69) is 41.5 Å². The topological polar surface area (TPSA) is 87.5 Å². The molecule has 1 atom stereocenters. The first-order valence-corrected chi connectivity index (χ1v) is 9.72. The van der Waals surface area contributed by atoms with E-state index >= 15 is 0 Å². The van der Waals surface area contributed by atoms with Crippen LogP contribution in [0.15, 0.2) is 54.6 Å². The Morgan fingerprint density at radius 3 is 2.29 bits per heavy atom. The van der Waals surface area contributed by atoms with E-state index < -0.39 is 5.91 Å². The number of rotatable bonds is 10. The number of urea groups is 1. The average molecular weight is 383 g/mol. The van der Waals surface area contributed by atoms with Crippen molar-refractivity contribution < 1.29 is 9.59 Å². The normalized spacial score (nSPS) is 11.8. The first-order chi connectivity index (χ1) is 13.5. The zero-order valence-electron chi connectivity index (χ0n) is 16.7. The molecule has 0 aliphatic heterocycles. The number of hydrogen-bond donors (Lipinski definition) is 3. The Balaban J connectivity index is 2.00. The van der Waals surface area contributed by atoms with Crippen LogP contribution in [0.3, 0.4) is 0 Å². The number of primary amides is 1. The lowest BCUT2D eigenvalue weighted by Crippen LogP contribution is -2.46. The molecule has 3 amide bonds. The van der Waals surface area contributed by atoms with Gasteiger partial charge in [0, 0.05) is 18.3 Å². The van der Waals surface area contributed by atoms with E-state index in [0.717, 1.165) is 19.5 Å². The summed E-state index contributed by atoms with van der Waals surface area (Å²) >= 11 is 0. The van der Waals surface area contributed by atoms with Gasteiger partial charge in [-0.05, 0) is 36.7 Å². The number of nitrogens with two attached hydrogens (primary N) is 1. The fourth-order valence-electron chi connectivity index (χ4n) is 3.32. The largest absolute Gasteiger partial charge is 0.369 e. The summed E-state index contributed by atoms with van der Waals surface area (Å²) < 4.78 is 0. The van der Waals surface area contributed by atoms with Crippen LogP contribution >= 0.6 is 0 Å². The molecule has 150 valence electrons. The maximum atomic E-state index is 12.4. The standard InChI is InChI=1S/C22H30N4O2/c1-3-26(4-2)19(14-17-10-6-5-7-11-17)16-24-22(28)25-20-13-9-8-12-18(20)15-21(23)27/h5-13,19H,3-4,14-16H2,1-2H3,(H2,23,27)(H2,24,25,28). The number of carbonyl (C=O) groups is 2. The van der Waals surface area contributed by atoms with Gasteiger partial charge in [-0.1, -0.05) is 62.4 Å². The molecule has 0 aromatic heterocycles.